The molecule has 0 saturated carbocycles. The quantitative estimate of drug-likeness (QED) is 0.816. The third-order valence-electron chi connectivity index (χ3n) is 4.59. The van der Waals surface area contributed by atoms with Gasteiger partial charge in [0.2, 0.25) is 5.91 Å². The summed E-state index contributed by atoms with van der Waals surface area (Å²) in [5.41, 5.74) is 1.05. The second-order valence-electron chi connectivity index (χ2n) is 5.97. The Morgan fingerprint density at radius 2 is 2.12 bits per heavy atom. The maximum absolute atomic E-state index is 12.4. The molecule has 3 rings (SSSR count). The number of carbonyl (C=O) groups excluding carboxylic acids is 2. The molecule has 0 N–H and O–H groups in total. The Labute approximate surface area is 141 Å². The molecule has 0 unspecified atom stereocenters. The number of rotatable bonds is 5. The molecule has 2 aliphatic heterocycles. The van der Waals surface area contributed by atoms with Crippen LogP contribution in [0.1, 0.15) is 17.9 Å². The summed E-state index contributed by atoms with van der Waals surface area (Å²) >= 11 is 0. The average molecular weight is 334 g/mol. The lowest BCUT2D eigenvalue weighted by Crippen LogP contribution is -2.39. The van der Waals surface area contributed by atoms with Gasteiger partial charge < -0.3 is 19.1 Å². The Bertz CT molecular complexity index is 633. The van der Waals surface area contributed by atoms with Crippen molar-refractivity contribution >= 4 is 12.0 Å². The van der Waals surface area contributed by atoms with Crippen LogP contribution in [0.3, 0.4) is 0 Å². The molecule has 1 aromatic carbocycles. The van der Waals surface area contributed by atoms with Crippen LogP contribution in [0.2, 0.25) is 0 Å². The molecule has 0 bridgehead atoms. The molecule has 1 atom stereocenters. The van der Waals surface area contributed by atoms with Crippen molar-refractivity contribution in [3.63, 3.8) is 0 Å². The first kappa shape index (κ1) is 16.4. The molecular formula is C17H22N2O5. The predicted molar refractivity (Wildman–Crippen MR) is 86.4 cm³/mol. The number of amides is 2. The summed E-state index contributed by atoms with van der Waals surface area (Å²) in [6.45, 7) is 2.21. The topological polar surface area (TPSA) is 68.3 Å². The molecule has 0 spiro atoms. The highest BCUT2D eigenvalue weighted by atomic mass is 16.6. The summed E-state index contributed by atoms with van der Waals surface area (Å²) < 4.78 is 15.6. The molecule has 0 radical (unpaired) electrons. The molecule has 2 heterocycles. The lowest BCUT2D eigenvalue weighted by Gasteiger charge is -2.20. The van der Waals surface area contributed by atoms with Crippen molar-refractivity contribution in [2.75, 3.05) is 47.0 Å². The van der Waals surface area contributed by atoms with Crippen LogP contribution < -0.4 is 9.47 Å². The molecule has 1 aromatic rings. The maximum Gasteiger partial charge on any atom is 0.410 e. The fourth-order valence-electron chi connectivity index (χ4n) is 3.23. The van der Waals surface area contributed by atoms with Gasteiger partial charge >= 0.3 is 6.09 Å². The van der Waals surface area contributed by atoms with E-state index in [0.29, 0.717) is 26.2 Å². The van der Waals surface area contributed by atoms with E-state index in [-0.39, 0.29) is 18.4 Å². The highest BCUT2D eigenvalue weighted by Crippen LogP contribution is 2.36. The fraction of sp³-hybridized carbons (Fsp3) is 0.529. The Morgan fingerprint density at radius 1 is 1.29 bits per heavy atom. The van der Waals surface area contributed by atoms with E-state index in [4.69, 9.17) is 14.2 Å². The number of hydrogen-bond donors (Lipinski definition) is 0. The average Bonchev–Trinajstić information content (AvgIpc) is 3.24. The molecule has 7 heteroatoms. The van der Waals surface area contributed by atoms with E-state index in [1.165, 1.54) is 4.90 Å². The summed E-state index contributed by atoms with van der Waals surface area (Å²) in [4.78, 5) is 27.1. The van der Waals surface area contributed by atoms with Crippen molar-refractivity contribution in [3.05, 3.63) is 23.8 Å². The van der Waals surface area contributed by atoms with Gasteiger partial charge in [0.05, 0.1) is 20.8 Å². The van der Waals surface area contributed by atoms with Crippen LogP contribution >= 0.6 is 0 Å². The first-order valence-electron chi connectivity index (χ1n) is 8.03. The van der Waals surface area contributed by atoms with Crippen LogP contribution in [0.25, 0.3) is 0 Å². The zero-order valence-electron chi connectivity index (χ0n) is 14.0. The number of cyclic esters (lactones) is 1. The second-order valence-corrected chi connectivity index (χ2v) is 5.97. The lowest BCUT2D eigenvalue weighted by molar-refractivity contribution is -0.130. The molecular weight excluding hydrogens is 312 g/mol. The van der Waals surface area contributed by atoms with E-state index >= 15 is 0 Å². The van der Waals surface area contributed by atoms with E-state index in [2.05, 4.69) is 0 Å². The summed E-state index contributed by atoms with van der Waals surface area (Å²) in [5, 5.41) is 0. The van der Waals surface area contributed by atoms with Gasteiger partial charge in [0, 0.05) is 24.6 Å². The number of nitrogens with zero attached hydrogens (tertiary/aromatic N) is 2. The van der Waals surface area contributed by atoms with Crippen molar-refractivity contribution in [3.8, 4) is 11.5 Å². The van der Waals surface area contributed by atoms with Gasteiger partial charge in [-0.2, -0.15) is 0 Å². The summed E-state index contributed by atoms with van der Waals surface area (Å²) in [6.07, 6.45) is 0.452. The van der Waals surface area contributed by atoms with Crippen LogP contribution in [0.4, 0.5) is 4.79 Å². The van der Waals surface area contributed by atoms with Gasteiger partial charge in [0.15, 0.2) is 0 Å². The van der Waals surface area contributed by atoms with E-state index in [0.717, 1.165) is 23.5 Å². The van der Waals surface area contributed by atoms with E-state index in [1.54, 1.807) is 19.1 Å². The third-order valence-corrected chi connectivity index (χ3v) is 4.59. The number of ether oxygens (including phenoxy) is 3. The molecule has 2 aliphatic rings. The first-order chi connectivity index (χ1) is 11.6. The van der Waals surface area contributed by atoms with Gasteiger partial charge in [-0.15, -0.1) is 0 Å². The second kappa shape index (κ2) is 6.98. The largest absolute Gasteiger partial charge is 0.497 e. The monoisotopic (exact) mass is 334 g/mol. The number of carbonyl (C=O) groups is 2. The van der Waals surface area contributed by atoms with E-state index in [1.807, 2.05) is 18.2 Å². The van der Waals surface area contributed by atoms with Gasteiger partial charge in [-0.1, -0.05) is 0 Å². The Hall–Kier alpha value is -2.44. The first-order valence-corrected chi connectivity index (χ1v) is 8.03. The molecule has 24 heavy (non-hydrogen) atoms. The van der Waals surface area contributed by atoms with Crippen molar-refractivity contribution in [1.29, 1.82) is 0 Å². The lowest BCUT2D eigenvalue weighted by atomic mass is 9.97. The molecule has 7 nitrogen and oxygen atoms in total. The normalized spacial score (nSPS) is 20.2. The summed E-state index contributed by atoms with van der Waals surface area (Å²) in [5.74, 6) is 1.73. The highest BCUT2D eigenvalue weighted by Gasteiger charge is 2.32. The maximum atomic E-state index is 12.4. The predicted octanol–water partition coefficient (Wildman–Crippen LogP) is 1.47. The zero-order valence-corrected chi connectivity index (χ0v) is 14.0. The molecule has 2 fully saturated rings. The SMILES string of the molecule is COc1ccc(OC)c([C@H]2CCN(C(=O)CN3CCOC3=O)C2)c1. The minimum Gasteiger partial charge on any atom is -0.497 e. The number of benzene rings is 1. The highest BCUT2D eigenvalue weighted by molar-refractivity contribution is 5.83. The number of likely N-dealkylation sites (tertiary alicyclic amines) is 1. The van der Waals surface area contributed by atoms with Gasteiger partial charge in [-0.05, 0) is 24.6 Å². The Kier molecular flexibility index (Phi) is 4.78. The van der Waals surface area contributed by atoms with Gasteiger partial charge in [0.1, 0.15) is 24.7 Å². The number of methoxy groups -OCH3 is 2. The fourth-order valence-corrected chi connectivity index (χ4v) is 3.23. The van der Waals surface area contributed by atoms with Crippen LogP contribution in [0.5, 0.6) is 11.5 Å². The Morgan fingerprint density at radius 3 is 2.79 bits per heavy atom. The standard InChI is InChI=1S/C17H22N2O5/c1-22-13-3-4-15(23-2)14(9-13)12-5-6-18(10-12)16(20)11-19-7-8-24-17(19)21/h3-4,9,12H,5-8,10-11H2,1-2H3/t12-/m0/s1. The van der Waals surface area contributed by atoms with E-state index < -0.39 is 6.09 Å². The smallest absolute Gasteiger partial charge is 0.410 e. The minimum absolute atomic E-state index is 0.0433. The van der Waals surface area contributed by atoms with Crippen LogP contribution in [0, 0.1) is 0 Å². The Balaban J connectivity index is 1.66. The molecule has 0 aromatic heterocycles. The van der Waals surface area contributed by atoms with Crippen LogP contribution in [-0.4, -0.2) is 68.8 Å². The van der Waals surface area contributed by atoms with Gasteiger partial charge in [0.25, 0.3) is 0 Å². The van der Waals surface area contributed by atoms with E-state index in [9.17, 15) is 9.59 Å². The van der Waals surface area contributed by atoms with Gasteiger partial charge in [-0.3, -0.25) is 9.69 Å². The molecule has 130 valence electrons. The molecule has 2 saturated heterocycles. The summed E-state index contributed by atoms with van der Waals surface area (Å²) in [7, 11) is 3.27. The zero-order chi connectivity index (χ0) is 17.1. The molecule has 0 aliphatic carbocycles. The van der Waals surface area contributed by atoms with Crippen molar-refractivity contribution in [1.82, 2.24) is 9.80 Å². The van der Waals surface area contributed by atoms with Crippen molar-refractivity contribution in [2.45, 2.75) is 12.3 Å². The van der Waals surface area contributed by atoms with Gasteiger partial charge in [-0.25, -0.2) is 4.79 Å². The third kappa shape index (κ3) is 3.25. The van der Waals surface area contributed by atoms with Crippen LogP contribution in [0.15, 0.2) is 18.2 Å². The minimum atomic E-state index is -0.409. The van der Waals surface area contributed by atoms with Crippen LogP contribution in [-0.2, 0) is 9.53 Å². The number of hydrogen-bond acceptors (Lipinski definition) is 5. The molecule has 2 amide bonds. The van der Waals surface area contributed by atoms with Crippen molar-refractivity contribution in [2.24, 2.45) is 0 Å². The summed E-state index contributed by atoms with van der Waals surface area (Å²) in [6, 6.07) is 5.72. The van der Waals surface area contributed by atoms with Crippen molar-refractivity contribution < 1.29 is 23.8 Å².